The summed E-state index contributed by atoms with van der Waals surface area (Å²) in [5, 5.41) is 2.07. The molecule has 1 heterocycles. The van der Waals surface area contributed by atoms with Crippen molar-refractivity contribution in [3.8, 4) is 0 Å². The summed E-state index contributed by atoms with van der Waals surface area (Å²) in [7, 11) is 0. The minimum absolute atomic E-state index is 0. The molecule has 1 atom stereocenters. The van der Waals surface area contributed by atoms with Crippen LogP contribution in [0.4, 0.5) is 0 Å². The molecule has 0 aliphatic carbocycles. The van der Waals surface area contributed by atoms with Crippen molar-refractivity contribution >= 4 is 23.7 Å². The Morgan fingerprint density at radius 3 is 2.11 bits per heavy atom. The molecule has 2 N–H and O–H groups in total. The van der Waals surface area contributed by atoms with Gasteiger partial charge in [0.15, 0.2) is 0 Å². The molecule has 0 bridgehead atoms. The molecule has 1 nitrogen and oxygen atoms in total. The highest BCUT2D eigenvalue weighted by Gasteiger charge is 2.15. The van der Waals surface area contributed by atoms with Crippen LogP contribution in [0.15, 0.2) is 41.8 Å². The Morgan fingerprint density at radius 2 is 1.67 bits per heavy atom. The zero-order valence-corrected chi connectivity index (χ0v) is 12.6. The van der Waals surface area contributed by atoms with Crippen molar-refractivity contribution < 1.29 is 0 Å². The van der Waals surface area contributed by atoms with Crippen molar-refractivity contribution in [3.63, 3.8) is 0 Å². The van der Waals surface area contributed by atoms with Gasteiger partial charge in [0.25, 0.3) is 0 Å². The van der Waals surface area contributed by atoms with Crippen LogP contribution in [-0.2, 0) is 5.41 Å². The molecule has 0 amide bonds. The summed E-state index contributed by atoms with van der Waals surface area (Å²) >= 11 is 1.71. The maximum Gasteiger partial charge on any atom is 0.0645 e. The third kappa shape index (κ3) is 3.35. The molecule has 2 rings (SSSR count). The van der Waals surface area contributed by atoms with E-state index in [-0.39, 0.29) is 23.9 Å². The smallest absolute Gasteiger partial charge is 0.0645 e. The number of thiophene rings is 1. The standard InChI is InChI=1S/C15H19NS.ClH/c1-15(2,3)12-8-6-11(7-9-12)14(16)13-5-4-10-17-13;/h4-10,14H,16H2,1-3H3;1H/t14-;/m1./s1. The highest BCUT2D eigenvalue weighted by molar-refractivity contribution is 7.10. The van der Waals surface area contributed by atoms with Crippen LogP contribution >= 0.6 is 23.7 Å². The van der Waals surface area contributed by atoms with E-state index in [0.717, 1.165) is 0 Å². The molecule has 98 valence electrons. The molecule has 1 aromatic carbocycles. The second-order valence-corrected chi connectivity index (χ2v) is 6.34. The van der Waals surface area contributed by atoms with Crippen molar-refractivity contribution in [1.29, 1.82) is 0 Å². The van der Waals surface area contributed by atoms with Gasteiger partial charge in [-0.1, -0.05) is 51.1 Å². The Labute approximate surface area is 119 Å². The number of benzene rings is 1. The average Bonchev–Trinajstić information content (AvgIpc) is 2.80. The summed E-state index contributed by atoms with van der Waals surface area (Å²) in [6.45, 7) is 6.67. The van der Waals surface area contributed by atoms with Gasteiger partial charge in [0.1, 0.15) is 0 Å². The monoisotopic (exact) mass is 281 g/mol. The predicted octanol–water partition coefficient (Wildman–Crippen LogP) is 4.52. The van der Waals surface area contributed by atoms with Crippen molar-refractivity contribution in [2.75, 3.05) is 0 Å². The first-order valence-corrected chi connectivity index (χ1v) is 6.76. The number of rotatable bonds is 2. The predicted molar refractivity (Wildman–Crippen MR) is 82.7 cm³/mol. The van der Waals surface area contributed by atoms with Gasteiger partial charge in [0.05, 0.1) is 6.04 Å². The fourth-order valence-electron chi connectivity index (χ4n) is 1.82. The minimum Gasteiger partial charge on any atom is -0.320 e. The van der Waals surface area contributed by atoms with E-state index in [2.05, 4.69) is 56.5 Å². The van der Waals surface area contributed by atoms with E-state index in [0.29, 0.717) is 0 Å². The molecular formula is C15H20ClNS. The maximum absolute atomic E-state index is 6.23. The second-order valence-electron chi connectivity index (χ2n) is 5.37. The van der Waals surface area contributed by atoms with Crippen LogP contribution in [0.2, 0.25) is 0 Å². The van der Waals surface area contributed by atoms with E-state index in [1.165, 1.54) is 16.0 Å². The topological polar surface area (TPSA) is 26.0 Å². The quantitative estimate of drug-likeness (QED) is 0.861. The summed E-state index contributed by atoms with van der Waals surface area (Å²) in [5.74, 6) is 0. The van der Waals surface area contributed by atoms with Crippen LogP contribution in [0.3, 0.4) is 0 Å². The van der Waals surface area contributed by atoms with Gasteiger partial charge >= 0.3 is 0 Å². The Balaban J connectivity index is 0.00000162. The normalized spacial score (nSPS) is 12.9. The molecule has 0 saturated carbocycles. The number of nitrogens with two attached hydrogens (primary N) is 1. The highest BCUT2D eigenvalue weighted by atomic mass is 35.5. The number of hydrogen-bond donors (Lipinski definition) is 1. The molecular weight excluding hydrogens is 262 g/mol. The molecule has 0 unspecified atom stereocenters. The molecule has 3 heteroatoms. The van der Waals surface area contributed by atoms with Gasteiger partial charge in [-0.2, -0.15) is 0 Å². The first-order valence-electron chi connectivity index (χ1n) is 5.88. The maximum atomic E-state index is 6.23. The van der Waals surface area contributed by atoms with Crippen molar-refractivity contribution in [2.24, 2.45) is 5.73 Å². The fraction of sp³-hybridized carbons (Fsp3) is 0.333. The first-order chi connectivity index (χ1) is 7.98. The third-order valence-corrected chi connectivity index (χ3v) is 3.94. The van der Waals surface area contributed by atoms with Crippen molar-refractivity contribution in [1.82, 2.24) is 0 Å². The van der Waals surface area contributed by atoms with Gasteiger partial charge in [0.2, 0.25) is 0 Å². The van der Waals surface area contributed by atoms with E-state index in [1.807, 2.05) is 6.07 Å². The Kier molecular flexibility index (Phi) is 4.97. The molecule has 0 fully saturated rings. The lowest BCUT2D eigenvalue weighted by Crippen LogP contribution is -2.13. The molecule has 0 radical (unpaired) electrons. The van der Waals surface area contributed by atoms with E-state index in [4.69, 9.17) is 5.73 Å². The largest absolute Gasteiger partial charge is 0.320 e. The lowest BCUT2D eigenvalue weighted by molar-refractivity contribution is 0.590. The van der Waals surface area contributed by atoms with Gasteiger partial charge in [-0.15, -0.1) is 23.7 Å². The molecule has 18 heavy (non-hydrogen) atoms. The van der Waals surface area contributed by atoms with Crippen LogP contribution in [-0.4, -0.2) is 0 Å². The van der Waals surface area contributed by atoms with E-state index in [9.17, 15) is 0 Å². The van der Waals surface area contributed by atoms with Gasteiger partial charge < -0.3 is 5.73 Å². The van der Waals surface area contributed by atoms with Crippen LogP contribution in [0.5, 0.6) is 0 Å². The highest BCUT2D eigenvalue weighted by Crippen LogP contribution is 2.27. The zero-order chi connectivity index (χ0) is 12.5. The lowest BCUT2D eigenvalue weighted by atomic mass is 9.86. The summed E-state index contributed by atoms with van der Waals surface area (Å²) in [5.41, 5.74) is 8.96. The van der Waals surface area contributed by atoms with E-state index >= 15 is 0 Å². The number of hydrogen-bond acceptors (Lipinski definition) is 2. The Bertz CT molecular complexity index is 468. The number of halogens is 1. The molecule has 2 aromatic rings. The van der Waals surface area contributed by atoms with Crippen molar-refractivity contribution in [2.45, 2.75) is 32.2 Å². The Morgan fingerprint density at radius 1 is 1.06 bits per heavy atom. The molecule has 0 spiro atoms. The van der Waals surface area contributed by atoms with Gasteiger partial charge in [0, 0.05) is 4.88 Å². The second kappa shape index (κ2) is 5.87. The Hall–Kier alpha value is -0.830. The molecule has 0 saturated heterocycles. The fourth-order valence-corrected chi connectivity index (χ4v) is 2.58. The van der Waals surface area contributed by atoms with E-state index < -0.39 is 0 Å². The average molecular weight is 282 g/mol. The lowest BCUT2D eigenvalue weighted by Gasteiger charge is -2.20. The van der Waals surface area contributed by atoms with Gasteiger partial charge in [-0.3, -0.25) is 0 Å². The molecule has 0 aliphatic heterocycles. The summed E-state index contributed by atoms with van der Waals surface area (Å²) < 4.78 is 0. The van der Waals surface area contributed by atoms with Crippen LogP contribution in [0.1, 0.15) is 42.8 Å². The van der Waals surface area contributed by atoms with Crippen LogP contribution < -0.4 is 5.73 Å². The summed E-state index contributed by atoms with van der Waals surface area (Å²) in [4.78, 5) is 1.22. The van der Waals surface area contributed by atoms with Crippen LogP contribution in [0, 0.1) is 0 Å². The summed E-state index contributed by atoms with van der Waals surface area (Å²) in [6, 6.07) is 12.8. The van der Waals surface area contributed by atoms with E-state index in [1.54, 1.807) is 11.3 Å². The molecule has 0 aliphatic rings. The van der Waals surface area contributed by atoms with Crippen molar-refractivity contribution in [3.05, 3.63) is 57.8 Å². The summed E-state index contributed by atoms with van der Waals surface area (Å²) in [6.07, 6.45) is 0. The third-order valence-electron chi connectivity index (χ3n) is 2.99. The van der Waals surface area contributed by atoms with Gasteiger partial charge in [-0.25, -0.2) is 0 Å². The first kappa shape index (κ1) is 15.2. The minimum atomic E-state index is 0. The van der Waals surface area contributed by atoms with Crippen LogP contribution in [0.25, 0.3) is 0 Å². The SMILES string of the molecule is CC(C)(C)c1ccc([C@@H](N)c2cccs2)cc1.Cl. The van der Waals surface area contributed by atoms with Gasteiger partial charge in [-0.05, 0) is 28.0 Å². The molecule has 1 aromatic heterocycles. The zero-order valence-electron chi connectivity index (χ0n) is 11.0.